The van der Waals surface area contributed by atoms with E-state index in [0.717, 1.165) is 72.2 Å². The molecule has 0 saturated carbocycles. The van der Waals surface area contributed by atoms with Gasteiger partial charge in [-0.3, -0.25) is 0 Å². The van der Waals surface area contributed by atoms with Crippen molar-refractivity contribution in [3.63, 3.8) is 0 Å². The highest BCUT2D eigenvalue weighted by Gasteiger charge is 2.21. The van der Waals surface area contributed by atoms with Gasteiger partial charge in [-0.2, -0.15) is 0 Å². The minimum atomic E-state index is 0.178. The summed E-state index contributed by atoms with van der Waals surface area (Å²) in [4.78, 5) is 0. The molecule has 1 atom stereocenters. The molecule has 10 rings (SSSR count). The van der Waals surface area contributed by atoms with Crippen molar-refractivity contribution in [2.75, 3.05) is 0 Å². The molecule has 0 spiro atoms. The maximum atomic E-state index is 6.65. The van der Waals surface area contributed by atoms with Gasteiger partial charge in [-0.15, -0.1) is 6.58 Å². The zero-order valence-corrected chi connectivity index (χ0v) is 27.4. The molecule has 236 valence electrons. The number of hydrogen-bond acceptors (Lipinski definition) is 2. The van der Waals surface area contributed by atoms with Crippen LogP contribution in [-0.2, 0) is 0 Å². The summed E-state index contributed by atoms with van der Waals surface area (Å²) < 4.78 is 12.8. The molecule has 0 aliphatic rings. The smallest absolute Gasteiger partial charge is 0.143 e. The Hall–Kier alpha value is -6.38. The molecule has 2 aromatic heterocycles. The van der Waals surface area contributed by atoms with Gasteiger partial charge in [0.1, 0.15) is 22.3 Å². The van der Waals surface area contributed by atoms with Crippen LogP contribution < -0.4 is 0 Å². The van der Waals surface area contributed by atoms with Gasteiger partial charge in [-0.25, -0.2) is 0 Å². The molecule has 0 aliphatic heterocycles. The molecule has 50 heavy (non-hydrogen) atoms. The van der Waals surface area contributed by atoms with E-state index in [2.05, 4.69) is 140 Å². The van der Waals surface area contributed by atoms with E-state index in [4.69, 9.17) is 15.4 Å². The van der Waals surface area contributed by atoms with Crippen molar-refractivity contribution >= 4 is 81.8 Å². The highest BCUT2D eigenvalue weighted by atomic mass is 16.3. The van der Waals surface area contributed by atoms with Crippen LogP contribution in [0, 0.1) is 0 Å². The highest BCUT2D eigenvalue weighted by Crippen LogP contribution is 2.46. The normalized spacial score (nSPS) is 12.6. The largest absolute Gasteiger partial charge is 0.456 e. The first-order valence-electron chi connectivity index (χ1n) is 17.2. The van der Waals surface area contributed by atoms with Gasteiger partial charge in [0.05, 0.1) is 0 Å². The Morgan fingerprint density at radius 2 is 1.10 bits per heavy atom. The van der Waals surface area contributed by atoms with Crippen molar-refractivity contribution in [3.8, 4) is 11.1 Å². The molecule has 0 aliphatic carbocycles. The molecule has 0 N–H and O–H groups in total. The Morgan fingerprint density at radius 3 is 1.84 bits per heavy atom. The van der Waals surface area contributed by atoms with E-state index in [9.17, 15) is 0 Å². The lowest BCUT2D eigenvalue weighted by Crippen LogP contribution is -1.99. The second-order valence-electron chi connectivity index (χ2n) is 13.3. The quantitative estimate of drug-likeness (QED) is 0.134. The van der Waals surface area contributed by atoms with Crippen LogP contribution in [0.15, 0.2) is 174 Å². The van der Waals surface area contributed by atoms with Gasteiger partial charge in [0, 0.05) is 32.8 Å². The number of fused-ring (bicyclic) bond motifs is 11. The Kier molecular flexibility index (Phi) is 6.34. The number of benzene rings is 8. The summed E-state index contributed by atoms with van der Waals surface area (Å²) in [6, 6.07) is 51.7. The summed E-state index contributed by atoms with van der Waals surface area (Å²) in [6.45, 7) is 8.89. The zero-order chi connectivity index (χ0) is 33.3. The van der Waals surface area contributed by atoms with Crippen molar-refractivity contribution in [3.05, 3.63) is 176 Å². The van der Waals surface area contributed by atoms with Gasteiger partial charge in [0.2, 0.25) is 0 Å². The molecule has 8 aromatic carbocycles. The lowest BCUT2D eigenvalue weighted by atomic mass is 9.83. The first kappa shape index (κ1) is 28.6. The second kappa shape index (κ2) is 11.1. The summed E-state index contributed by atoms with van der Waals surface area (Å²) >= 11 is 0. The molecule has 2 heteroatoms. The van der Waals surface area contributed by atoms with Crippen LogP contribution in [0.2, 0.25) is 0 Å². The summed E-state index contributed by atoms with van der Waals surface area (Å²) in [5.74, 6) is 0.178. The van der Waals surface area contributed by atoms with Crippen LogP contribution in [-0.4, -0.2) is 0 Å². The molecular weight excluding hydrogens is 609 g/mol. The summed E-state index contributed by atoms with van der Waals surface area (Å²) in [6.07, 6.45) is 2.84. The minimum Gasteiger partial charge on any atom is -0.456 e. The molecule has 0 fully saturated rings. The second-order valence-corrected chi connectivity index (χ2v) is 13.3. The lowest BCUT2D eigenvalue weighted by molar-refractivity contribution is 0.669. The molecular formula is C48H32O2. The van der Waals surface area contributed by atoms with Gasteiger partial charge in [0.25, 0.3) is 0 Å². The molecule has 1 unspecified atom stereocenters. The Balaban J connectivity index is 1.17. The van der Waals surface area contributed by atoms with E-state index in [0.29, 0.717) is 0 Å². The van der Waals surface area contributed by atoms with Crippen molar-refractivity contribution in [1.29, 1.82) is 0 Å². The van der Waals surface area contributed by atoms with Gasteiger partial charge in [0.15, 0.2) is 0 Å². The Bertz CT molecular complexity index is 2930. The fourth-order valence-electron chi connectivity index (χ4n) is 8.24. The minimum absolute atomic E-state index is 0.178. The molecule has 0 bridgehead atoms. The average Bonchev–Trinajstić information content (AvgIpc) is 3.74. The highest BCUT2D eigenvalue weighted by molar-refractivity contribution is 6.26. The summed E-state index contributed by atoms with van der Waals surface area (Å²) in [7, 11) is 0. The predicted molar refractivity (Wildman–Crippen MR) is 212 cm³/mol. The average molecular weight is 641 g/mol. The maximum Gasteiger partial charge on any atom is 0.143 e. The Labute approximate surface area is 289 Å². The van der Waals surface area contributed by atoms with Crippen LogP contribution in [0.5, 0.6) is 0 Å². The molecule has 2 nitrogen and oxygen atoms in total. The van der Waals surface area contributed by atoms with E-state index in [1.54, 1.807) is 0 Å². The van der Waals surface area contributed by atoms with Crippen LogP contribution in [0.3, 0.4) is 0 Å². The third-order valence-corrected chi connectivity index (χ3v) is 10.5. The fourth-order valence-corrected chi connectivity index (χ4v) is 8.24. The number of rotatable bonds is 6. The third kappa shape index (κ3) is 4.22. The first-order chi connectivity index (χ1) is 24.7. The van der Waals surface area contributed by atoms with Gasteiger partial charge in [-0.05, 0) is 97.6 Å². The molecule has 2 heterocycles. The van der Waals surface area contributed by atoms with E-state index in [-0.39, 0.29) is 5.92 Å². The van der Waals surface area contributed by atoms with Crippen LogP contribution in [0.1, 0.15) is 23.5 Å². The van der Waals surface area contributed by atoms with E-state index >= 15 is 0 Å². The Morgan fingerprint density at radius 1 is 0.520 bits per heavy atom. The van der Waals surface area contributed by atoms with Crippen molar-refractivity contribution in [2.45, 2.75) is 12.3 Å². The van der Waals surface area contributed by atoms with Crippen LogP contribution in [0.4, 0.5) is 0 Å². The van der Waals surface area contributed by atoms with Crippen LogP contribution in [0.25, 0.3) is 92.9 Å². The van der Waals surface area contributed by atoms with E-state index < -0.39 is 0 Å². The number of para-hydroxylation sites is 1. The first-order valence-corrected chi connectivity index (χ1v) is 17.2. The summed E-state index contributed by atoms with van der Waals surface area (Å²) in [5, 5.41) is 11.5. The molecule has 0 saturated heterocycles. The van der Waals surface area contributed by atoms with E-state index in [1.807, 2.05) is 18.2 Å². The monoisotopic (exact) mass is 640 g/mol. The van der Waals surface area contributed by atoms with Crippen molar-refractivity contribution in [2.24, 2.45) is 0 Å². The molecule has 0 amide bonds. The number of allylic oxidation sites excluding steroid dienone is 2. The van der Waals surface area contributed by atoms with Gasteiger partial charge in [-0.1, -0.05) is 122 Å². The standard InChI is InChI=1S/C48H32O2/c1-3-30(31-13-5-4-6-14-31)27-29(2)45-33-15-7-9-17-35(33)46(36-18-10-8-16-34(36)45)32-21-25-43-41(28-32)39-23-22-37-38(48(39)50-43)24-26-44-47(37)40-19-11-12-20-42(40)49-44/h3-26,28,30H,1-2,27H2. The molecule has 10 aromatic rings. The summed E-state index contributed by atoms with van der Waals surface area (Å²) in [5.41, 5.74) is 9.53. The van der Waals surface area contributed by atoms with Crippen LogP contribution >= 0.6 is 0 Å². The third-order valence-electron chi connectivity index (χ3n) is 10.5. The van der Waals surface area contributed by atoms with Gasteiger partial charge < -0.3 is 8.83 Å². The lowest BCUT2D eigenvalue weighted by Gasteiger charge is -2.21. The topological polar surface area (TPSA) is 26.3 Å². The van der Waals surface area contributed by atoms with Gasteiger partial charge >= 0.3 is 0 Å². The predicted octanol–water partition coefficient (Wildman–Crippen LogP) is 14.0. The SMILES string of the molecule is C=CC(CC(=C)c1c2ccccc2c(-c2ccc3oc4c(ccc5c4ccc4oc6ccccc6c45)c3c2)c2ccccc12)c1ccccc1. The van der Waals surface area contributed by atoms with Crippen molar-refractivity contribution in [1.82, 2.24) is 0 Å². The van der Waals surface area contributed by atoms with Crippen molar-refractivity contribution < 1.29 is 8.83 Å². The zero-order valence-electron chi connectivity index (χ0n) is 27.4. The maximum absolute atomic E-state index is 6.65. The number of hydrogen-bond donors (Lipinski definition) is 0. The number of furan rings is 2. The molecule has 0 radical (unpaired) electrons. The van der Waals surface area contributed by atoms with E-state index in [1.165, 1.54) is 38.2 Å². The fraction of sp³-hybridized carbons (Fsp3) is 0.0417.